The van der Waals surface area contributed by atoms with Crippen molar-refractivity contribution >= 4 is 22.3 Å². The molecule has 1 aliphatic heterocycles. The Kier molecular flexibility index (Phi) is 4.51. The van der Waals surface area contributed by atoms with Crippen LogP contribution in [0.1, 0.15) is 12.8 Å². The first kappa shape index (κ1) is 15.9. The normalized spacial score (nSPS) is 17.5. The predicted octanol–water partition coefficient (Wildman–Crippen LogP) is 2.50. The molecule has 0 N–H and O–H groups in total. The lowest BCUT2D eigenvalue weighted by molar-refractivity contribution is 0.483. The minimum atomic E-state index is 0.375. The van der Waals surface area contributed by atoms with E-state index in [1.54, 1.807) is 23.7 Å². The molecule has 7 nitrogen and oxygen atoms in total. The zero-order chi connectivity index (χ0) is 17.1. The van der Waals surface area contributed by atoms with E-state index in [2.05, 4.69) is 42.2 Å². The maximum atomic E-state index is 4.37. The van der Waals surface area contributed by atoms with Gasteiger partial charge in [0.25, 0.3) is 0 Å². The van der Waals surface area contributed by atoms with Crippen molar-refractivity contribution in [3.05, 3.63) is 42.7 Å². The number of hydrogen-bond donors (Lipinski definition) is 0. The molecule has 1 fully saturated rings. The minimum absolute atomic E-state index is 0.375. The van der Waals surface area contributed by atoms with Gasteiger partial charge < -0.3 is 9.80 Å². The van der Waals surface area contributed by atoms with Crippen molar-refractivity contribution in [1.82, 2.24) is 25.4 Å². The van der Waals surface area contributed by atoms with E-state index in [0.29, 0.717) is 6.04 Å². The number of rotatable bonds is 4. The van der Waals surface area contributed by atoms with Crippen LogP contribution in [0.4, 0.5) is 10.9 Å². The first-order valence-corrected chi connectivity index (χ1v) is 9.13. The van der Waals surface area contributed by atoms with Crippen LogP contribution in [0.15, 0.2) is 42.7 Å². The summed E-state index contributed by atoms with van der Waals surface area (Å²) >= 11 is 1.58. The van der Waals surface area contributed by atoms with Gasteiger partial charge in [0.2, 0.25) is 5.13 Å². The van der Waals surface area contributed by atoms with Crippen LogP contribution in [-0.2, 0) is 0 Å². The summed E-state index contributed by atoms with van der Waals surface area (Å²) < 4.78 is 0. The van der Waals surface area contributed by atoms with E-state index < -0.39 is 0 Å². The van der Waals surface area contributed by atoms with Gasteiger partial charge >= 0.3 is 0 Å². The second-order valence-corrected chi connectivity index (χ2v) is 7.00. The molecule has 0 saturated carbocycles. The number of likely N-dealkylation sites (N-methyl/N-ethyl adjacent to an activating group) is 1. The molecule has 1 saturated heterocycles. The average molecular weight is 353 g/mol. The summed E-state index contributed by atoms with van der Waals surface area (Å²) in [5, 5.41) is 18.7. The summed E-state index contributed by atoms with van der Waals surface area (Å²) in [6.07, 6.45) is 5.74. The molecule has 3 aromatic rings. The van der Waals surface area contributed by atoms with Gasteiger partial charge in [-0.1, -0.05) is 17.4 Å². The summed E-state index contributed by atoms with van der Waals surface area (Å²) in [7, 11) is 2.09. The van der Waals surface area contributed by atoms with Crippen molar-refractivity contribution in [1.29, 1.82) is 0 Å². The lowest BCUT2D eigenvalue weighted by Gasteiger charge is -2.37. The molecule has 1 unspecified atom stereocenters. The molecule has 1 atom stereocenters. The van der Waals surface area contributed by atoms with E-state index in [4.69, 9.17) is 0 Å². The van der Waals surface area contributed by atoms with Crippen molar-refractivity contribution in [2.75, 3.05) is 29.9 Å². The van der Waals surface area contributed by atoms with Crippen LogP contribution in [0.5, 0.6) is 0 Å². The maximum Gasteiger partial charge on any atom is 0.208 e. The molecule has 128 valence electrons. The van der Waals surface area contributed by atoms with Crippen molar-refractivity contribution in [3.8, 4) is 10.7 Å². The van der Waals surface area contributed by atoms with Crippen molar-refractivity contribution in [2.45, 2.75) is 18.9 Å². The van der Waals surface area contributed by atoms with Crippen LogP contribution in [0, 0.1) is 0 Å². The first-order valence-electron chi connectivity index (χ1n) is 8.31. The molecular formula is C17H19N7S. The maximum absolute atomic E-state index is 4.37. The summed E-state index contributed by atoms with van der Waals surface area (Å²) in [6, 6.07) is 10.1. The Labute approximate surface area is 150 Å². The average Bonchev–Trinajstić information content (AvgIpc) is 3.19. The molecule has 8 heteroatoms. The number of anilines is 2. The number of nitrogens with zero attached hydrogens (tertiary/aromatic N) is 7. The molecule has 0 aliphatic carbocycles. The van der Waals surface area contributed by atoms with Gasteiger partial charge in [-0.2, -0.15) is 5.10 Å². The Balaban J connectivity index is 1.49. The zero-order valence-electron chi connectivity index (χ0n) is 14.0. The van der Waals surface area contributed by atoms with Crippen molar-refractivity contribution in [2.24, 2.45) is 0 Å². The van der Waals surface area contributed by atoms with Crippen LogP contribution in [0.2, 0.25) is 0 Å². The molecule has 0 amide bonds. The summed E-state index contributed by atoms with van der Waals surface area (Å²) in [5.41, 5.74) is 0.865. The highest BCUT2D eigenvalue weighted by atomic mass is 32.1. The van der Waals surface area contributed by atoms with Crippen LogP contribution in [-0.4, -0.2) is 51.6 Å². The lowest BCUT2D eigenvalue weighted by Crippen LogP contribution is -2.47. The number of aromatic nitrogens is 5. The molecule has 4 rings (SSSR count). The molecule has 0 bridgehead atoms. The Hall–Kier alpha value is -2.61. The van der Waals surface area contributed by atoms with E-state index in [0.717, 1.165) is 47.6 Å². The molecule has 4 heterocycles. The van der Waals surface area contributed by atoms with E-state index in [1.807, 2.05) is 30.3 Å². The van der Waals surface area contributed by atoms with Gasteiger partial charge in [-0.15, -0.1) is 15.3 Å². The molecule has 0 radical (unpaired) electrons. The van der Waals surface area contributed by atoms with Crippen LogP contribution < -0.4 is 9.80 Å². The molecule has 3 aromatic heterocycles. The number of piperidine rings is 1. The zero-order valence-corrected chi connectivity index (χ0v) is 14.8. The van der Waals surface area contributed by atoms with Gasteiger partial charge in [-0.05, 0) is 37.1 Å². The first-order chi connectivity index (χ1) is 12.3. The van der Waals surface area contributed by atoms with Crippen molar-refractivity contribution < 1.29 is 0 Å². The summed E-state index contributed by atoms with van der Waals surface area (Å²) in [6.45, 7) is 1.92. The SMILES string of the molecule is CN(c1nnc(-c2ccccn2)s1)C1CCCN(c2cccnn2)C1. The third kappa shape index (κ3) is 3.43. The molecule has 1 aliphatic rings. The smallest absolute Gasteiger partial charge is 0.208 e. The molecular weight excluding hydrogens is 334 g/mol. The van der Waals surface area contributed by atoms with Gasteiger partial charge in [0.15, 0.2) is 10.8 Å². The number of pyridine rings is 1. The monoisotopic (exact) mass is 353 g/mol. The lowest BCUT2D eigenvalue weighted by atomic mass is 10.0. The third-order valence-electron chi connectivity index (χ3n) is 4.43. The fraction of sp³-hybridized carbons (Fsp3) is 0.353. The quantitative estimate of drug-likeness (QED) is 0.713. The largest absolute Gasteiger partial charge is 0.353 e. The van der Waals surface area contributed by atoms with Gasteiger partial charge in [0, 0.05) is 38.6 Å². The van der Waals surface area contributed by atoms with Gasteiger partial charge in [0.1, 0.15) is 5.69 Å². The fourth-order valence-corrected chi connectivity index (χ4v) is 3.90. The van der Waals surface area contributed by atoms with E-state index in [-0.39, 0.29) is 0 Å². The Morgan fingerprint density at radius 1 is 1.12 bits per heavy atom. The third-order valence-corrected chi connectivity index (χ3v) is 5.46. The highest BCUT2D eigenvalue weighted by molar-refractivity contribution is 7.18. The second kappa shape index (κ2) is 7.10. The molecule has 0 spiro atoms. The Morgan fingerprint density at radius 3 is 2.88 bits per heavy atom. The van der Waals surface area contributed by atoms with Crippen molar-refractivity contribution in [3.63, 3.8) is 0 Å². The highest BCUT2D eigenvalue weighted by Gasteiger charge is 2.26. The minimum Gasteiger partial charge on any atom is -0.353 e. The summed E-state index contributed by atoms with van der Waals surface area (Å²) in [5.74, 6) is 0.937. The predicted molar refractivity (Wildman–Crippen MR) is 98.8 cm³/mol. The van der Waals surface area contributed by atoms with Gasteiger partial charge in [0.05, 0.1) is 0 Å². The van der Waals surface area contributed by atoms with Crippen LogP contribution >= 0.6 is 11.3 Å². The van der Waals surface area contributed by atoms with Crippen LogP contribution in [0.3, 0.4) is 0 Å². The standard InChI is InChI=1S/C17H19N7S/c1-23(17-22-21-16(25-17)14-7-2-3-9-18-14)13-6-5-11-24(12-13)15-8-4-10-19-20-15/h2-4,7-10,13H,5-6,11-12H2,1H3. The Morgan fingerprint density at radius 2 is 2.08 bits per heavy atom. The second-order valence-electron chi connectivity index (χ2n) is 6.04. The van der Waals surface area contributed by atoms with Gasteiger partial charge in [-0.25, -0.2) is 0 Å². The van der Waals surface area contributed by atoms with Crippen LogP contribution in [0.25, 0.3) is 10.7 Å². The molecule has 0 aromatic carbocycles. The summed E-state index contributed by atoms with van der Waals surface area (Å²) in [4.78, 5) is 8.87. The van der Waals surface area contributed by atoms with E-state index in [9.17, 15) is 0 Å². The van der Waals surface area contributed by atoms with E-state index in [1.165, 1.54) is 0 Å². The number of hydrogen-bond acceptors (Lipinski definition) is 8. The Bertz CT molecular complexity index is 808. The van der Waals surface area contributed by atoms with E-state index >= 15 is 0 Å². The molecule has 25 heavy (non-hydrogen) atoms. The highest BCUT2D eigenvalue weighted by Crippen LogP contribution is 2.30. The fourth-order valence-electron chi connectivity index (χ4n) is 3.05. The topological polar surface area (TPSA) is 70.9 Å². The van der Waals surface area contributed by atoms with Gasteiger partial charge in [-0.3, -0.25) is 4.98 Å².